The minimum Gasteiger partial charge on any atom is -0.464 e. The summed E-state index contributed by atoms with van der Waals surface area (Å²) in [5.41, 5.74) is 8.08. The molecule has 1 aromatic heterocycles. The van der Waals surface area contributed by atoms with E-state index < -0.39 is 5.97 Å². The van der Waals surface area contributed by atoms with Crippen LogP contribution in [0.1, 0.15) is 16.1 Å². The van der Waals surface area contributed by atoms with Crippen LogP contribution in [0.5, 0.6) is 0 Å². The van der Waals surface area contributed by atoms with E-state index in [0.29, 0.717) is 18.9 Å². The van der Waals surface area contributed by atoms with Crippen LogP contribution in [-0.4, -0.2) is 43.2 Å². The van der Waals surface area contributed by atoms with Crippen LogP contribution in [0.15, 0.2) is 30.5 Å². The minimum atomic E-state index is -0.608. The Morgan fingerprint density at radius 3 is 2.96 bits per heavy atom. The highest BCUT2D eigenvalue weighted by Crippen LogP contribution is 2.20. The Morgan fingerprint density at radius 1 is 1.39 bits per heavy atom. The predicted molar refractivity (Wildman–Crippen MR) is 86.8 cm³/mol. The molecule has 2 rings (SSSR count). The van der Waals surface area contributed by atoms with E-state index in [1.807, 2.05) is 31.3 Å². The molecule has 0 radical (unpaired) electrons. The van der Waals surface area contributed by atoms with E-state index >= 15 is 0 Å². The quantitative estimate of drug-likeness (QED) is 0.586. The number of nitrogen functional groups attached to an aromatic ring is 1. The lowest BCUT2D eigenvalue weighted by atomic mass is 10.1. The first kappa shape index (κ1) is 16.9. The van der Waals surface area contributed by atoms with Crippen LogP contribution in [0, 0.1) is 0 Å². The van der Waals surface area contributed by atoms with Gasteiger partial charge in [-0.2, -0.15) is 0 Å². The van der Waals surface area contributed by atoms with Gasteiger partial charge in [0, 0.05) is 12.1 Å². The summed E-state index contributed by atoms with van der Waals surface area (Å²) in [6.07, 6.45) is 1.53. The second-order valence-corrected chi connectivity index (χ2v) is 4.84. The molecule has 1 aromatic carbocycles. The molecule has 122 valence electrons. The van der Waals surface area contributed by atoms with Crippen molar-refractivity contribution in [2.45, 2.75) is 6.61 Å². The first-order valence-corrected chi connectivity index (χ1v) is 7.18. The van der Waals surface area contributed by atoms with Crippen molar-refractivity contribution in [3.63, 3.8) is 0 Å². The molecule has 1 heterocycles. The van der Waals surface area contributed by atoms with Crippen LogP contribution in [-0.2, 0) is 16.1 Å². The number of nitrogens with one attached hydrogen (secondary N) is 1. The van der Waals surface area contributed by atoms with Gasteiger partial charge in [0.05, 0.1) is 32.2 Å². The second kappa shape index (κ2) is 8.21. The zero-order chi connectivity index (χ0) is 16.7. The molecule has 0 saturated heterocycles. The highest BCUT2D eigenvalue weighted by Gasteiger charge is 2.15. The molecule has 0 aliphatic carbocycles. The Kier molecular flexibility index (Phi) is 6.02. The van der Waals surface area contributed by atoms with E-state index in [4.69, 9.17) is 10.5 Å². The summed E-state index contributed by atoms with van der Waals surface area (Å²) in [5, 5.41) is 3.02. The van der Waals surface area contributed by atoms with E-state index in [2.05, 4.69) is 20.0 Å². The fourth-order valence-corrected chi connectivity index (χ4v) is 1.97. The van der Waals surface area contributed by atoms with Crippen LogP contribution in [0.3, 0.4) is 0 Å². The number of anilines is 1. The van der Waals surface area contributed by atoms with Crippen molar-refractivity contribution in [1.82, 2.24) is 15.3 Å². The maximum absolute atomic E-state index is 11.7. The molecule has 7 nitrogen and oxygen atoms in total. The number of nitrogens with two attached hydrogens (primary N) is 1. The van der Waals surface area contributed by atoms with Gasteiger partial charge >= 0.3 is 5.97 Å². The van der Waals surface area contributed by atoms with Crippen molar-refractivity contribution >= 4 is 11.8 Å². The molecule has 3 N–H and O–H groups in total. The predicted octanol–water partition coefficient (Wildman–Crippen LogP) is 1.25. The van der Waals surface area contributed by atoms with Crippen molar-refractivity contribution in [2.24, 2.45) is 0 Å². The number of hydrogen-bond acceptors (Lipinski definition) is 7. The van der Waals surface area contributed by atoms with Gasteiger partial charge in [-0.3, -0.25) is 0 Å². The highest BCUT2D eigenvalue weighted by molar-refractivity contribution is 5.92. The van der Waals surface area contributed by atoms with E-state index in [9.17, 15) is 4.79 Å². The number of ether oxygens (including phenoxy) is 2. The third kappa shape index (κ3) is 4.48. The number of carbonyl (C=O) groups excluding carboxylic acids is 1. The van der Waals surface area contributed by atoms with E-state index in [1.165, 1.54) is 13.3 Å². The number of rotatable bonds is 7. The summed E-state index contributed by atoms with van der Waals surface area (Å²) in [7, 11) is 3.15. The molecule has 0 amide bonds. The van der Waals surface area contributed by atoms with Crippen molar-refractivity contribution in [3.8, 4) is 11.3 Å². The average molecular weight is 316 g/mol. The number of hydrogen-bond donors (Lipinski definition) is 2. The van der Waals surface area contributed by atoms with Gasteiger partial charge in [-0.1, -0.05) is 18.2 Å². The van der Waals surface area contributed by atoms with Gasteiger partial charge in [0.25, 0.3) is 0 Å². The standard InChI is InChI=1S/C16H20N4O3/c1-18-6-7-23-10-11-4-3-5-12(8-11)13-9-19-15(17)14(20-13)16(21)22-2/h3-5,8-9,18H,6-7,10H2,1-2H3,(H2,17,19). The van der Waals surface area contributed by atoms with Crippen molar-refractivity contribution in [1.29, 1.82) is 0 Å². The molecule has 0 aliphatic rings. The largest absolute Gasteiger partial charge is 0.464 e. The molecule has 23 heavy (non-hydrogen) atoms. The lowest BCUT2D eigenvalue weighted by Crippen LogP contribution is -2.14. The number of aromatic nitrogens is 2. The molecule has 0 unspecified atom stereocenters. The summed E-state index contributed by atoms with van der Waals surface area (Å²) < 4.78 is 10.2. The summed E-state index contributed by atoms with van der Waals surface area (Å²) in [6, 6.07) is 7.70. The fourth-order valence-electron chi connectivity index (χ4n) is 1.97. The molecule has 0 aliphatic heterocycles. The van der Waals surface area contributed by atoms with E-state index in [-0.39, 0.29) is 11.5 Å². The second-order valence-electron chi connectivity index (χ2n) is 4.84. The molecule has 0 atom stereocenters. The third-order valence-corrected chi connectivity index (χ3v) is 3.17. The van der Waals surface area contributed by atoms with Crippen molar-refractivity contribution < 1.29 is 14.3 Å². The lowest BCUT2D eigenvalue weighted by Gasteiger charge is -2.08. The molecule has 7 heteroatoms. The molecular formula is C16H20N4O3. The topological polar surface area (TPSA) is 99.4 Å². The van der Waals surface area contributed by atoms with Crippen LogP contribution < -0.4 is 11.1 Å². The average Bonchev–Trinajstić information content (AvgIpc) is 2.59. The number of likely N-dealkylation sites (N-methyl/N-ethyl adjacent to an activating group) is 1. The minimum absolute atomic E-state index is 0.0145. The summed E-state index contributed by atoms with van der Waals surface area (Å²) >= 11 is 0. The number of methoxy groups -OCH3 is 1. The normalized spacial score (nSPS) is 10.5. The first-order chi connectivity index (χ1) is 11.2. The van der Waals surface area contributed by atoms with Crippen molar-refractivity contribution in [3.05, 3.63) is 41.7 Å². The monoisotopic (exact) mass is 316 g/mol. The Balaban J connectivity index is 2.20. The summed E-state index contributed by atoms with van der Waals surface area (Å²) in [5.74, 6) is -0.560. The van der Waals surface area contributed by atoms with Gasteiger partial charge in [0.15, 0.2) is 11.5 Å². The fraction of sp³-hybridized carbons (Fsp3) is 0.312. The Morgan fingerprint density at radius 2 is 2.22 bits per heavy atom. The SMILES string of the molecule is CNCCOCc1cccc(-c2cnc(N)c(C(=O)OC)n2)c1. The third-order valence-electron chi connectivity index (χ3n) is 3.17. The van der Waals surface area contributed by atoms with Gasteiger partial charge in [0.2, 0.25) is 0 Å². The zero-order valence-electron chi connectivity index (χ0n) is 13.2. The maximum atomic E-state index is 11.7. The molecule has 0 spiro atoms. The Hall–Kier alpha value is -2.51. The van der Waals surface area contributed by atoms with Crippen molar-refractivity contribution in [2.75, 3.05) is 33.0 Å². The smallest absolute Gasteiger partial charge is 0.360 e. The number of esters is 1. The van der Waals surface area contributed by atoms with Gasteiger partial charge in [-0.15, -0.1) is 0 Å². The molecule has 0 fully saturated rings. The van der Waals surface area contributed by atoms with Gasteiger partial charge in [0.1, 0.15) is 0 Å². The number of carbonyl (C=O) groups is 1. The molecular weight excluding hydrogens is 296 g/mol. The Labute approximate surface area is 134 Å². The molecule has 2 aromatic rings. The number of benzene rings is 1. The highest BCUT2D eigenvalue weighted by atomic mass is 16.5. The molecule has 0 bridgehead atoms. The van der Waals surface area contributed by atoms with Crippen LogP contribution in [0.25, 0.3) is 11.3 Å². The zero-order valence-corrected chi connectivity index (χ0v) is 13.2. The first-order valence-electron chi connectivity index (χ1n) is 7.18. The van der Waals surface area contributed by atoms with E-state index in [0.717, 1.165) is 17.7 Å². The van der Waals surface area contributed by atoms with Gasteiger partial charge in [-0.05, 0) is 18.7 Å². The van der Waals surface area contributed by atoms with E-state index in [1.54, 1.807) is 0 Å². The van der Waals surface area contributed by atoms with Gasteiger partial charge in [-0.25, -0.2) is 14.8 Å². The lowest BCUT2D eigenvalue weighted by molar-refractivity contribution is 0.0595. The van der Waals surface area contributed by atoms with Gasteiger partial charge < -0.3 is 20.5 Å². The van der Waals surface area contributed by atoms with Crippen LogP contribution >= 0.6 is 0 Å². The molecule has 0 saturated carbocycles. The Bertz CT molecular complexity index is 676. The summed E-state index contributed by atoms with van der Waals surface area (Å²) in [6.45, 7) is 1.93. The van der Waals surface area contributed by atoms with Crippen LogP contribution in [0.4, 0.5) is 5.82 Å². The summed E-state index contributed by atoms with van der Waals surface area (Å²) in [4.78, 5) is 19.9. The number of nitrogens with zero attached hydrogens (tertiary/aromatic N) is 2. The van der Waals surface area contributed by atoms with Crippen LogP contribution in [0.2, 0.25) is 0 Å². The maximum Gasteiger partial charge on any atom is 0.360 e.